The van der Waals surface area contributed by atoms with Crippen LogP contribution in [0.1, 0.15) is 38.2 Å². The van der Waals surface area contributed by atoms with Crippen LogP contribution >= 0.6 is 7.82 Å². The largest absolute Gasteiger partial charge is 0.475 e. The summed E-state index contributed by atoms with van der Waals surface area (Å²) >= 11 is 0. The minimum atomic E-state index is -3.98. The number of nitrogens with zero attached hydrogens (tertiary/aromatic N) is 4. The van der Waals surface area contributed by atoms with Crippen molar-refractivity contribution in [2.24, 2.45) is 0 Å². The molecule has 6 atom stereocenters. The van der Waals surface area contributed by atoms with E-state index in [1.54, 1.807) is 41.4 Å². The number of aromatic nitrogens is 4. The maximum Gasteiger partial charge on any atom is 0.475 e. The van der Waals surface area contributed by atoms with Gasteiger partial charge in [0, 0.05) is 31.9 Å². The number of carbonyl (C=O) groups excluding carboxylic acids is 1. The smallest absolute Gasteiger partial charge is 0.456 e. The zero-order valence-electron chi connectivity index (χ0n) is 19.6. The van der Waals surface area contributed by atoms with Crippen molar-refractivity contribution in [3.63, 3.8) is 0 Å². The summed E-state index contributed by atoms with van der Waals surface area (Å²) in [5.74, 6) is -0.366. The molecule has 192 valence electrons. The van der Waals surface area contributed by atoms with Crippen LogP contribution in [0.3, 0.4) is 0 Å². The van der Waals surface area contributed by atoms with Crippen LogP contribution in [-0.4, -0.2) is 61.6 Å². The summed E-state index contributed by atoms with van der Waals surface area (Å²) in [5, 5.41) is 12.0. The first kappa shape index (κ1) is 24.8. The fourth-order valence-electron chi connectivity index (χ4n) is 4.47. The van der Waals surface area contributed by atoms with Crippen molar-refractivity contribution in [3.05, 3.63) is 48.7 Å². The molecule has 0 aromatic carbocycles. The van der Waals surface area contributed by atoms with E-state index >= 15 is 0 Å². The normalized spacial score (nSPS) is 32.5. The van der Waals surface area contributed by atoms with Crippen LogP contribution in [0.2, 0.25) is 0 Å². The van der Waals surface area contributed by atoms with E-state index in [2.05, 4.69) is 15.0 Å². The molecule has 0 saturated carbocycles. The predicted octanol–water partition coefficient (Wildman–Crippen LogP) is 2.29. The molecular formula is C22H26N5O8P. The average Bonchev–Trinajstić information content (AvgIpc) is 3.38. The SMILES string of the molecule is CC(=O)O[C@@H]1[C@@H](CO[P@@]2(=O)OCCC(c3ccncc3)O2)O[C@@H](n2ccc3c(N)ncnc32)[C@]1(C)O. The Morgan fingerprint density at radius 2 is 2.11 bits per heavy atom. The van der Waals surface area contributed by atoms with E-state index in [9.17, 15) is 14.5 Å². The molecule has 0 bridgehead atoms. The average molecular weight is 519 g/mol. The van der Waals surface area contributed by atoms with E-state index in [1.165, 1.54) is 20.2 Å². The Morgan fingerprint density at radius 1 is 1.33 bits per heavy atom. The number of anilines is 1. The van der Waals surface area contributed by atoms with Gasteiger partial charge in [-0.2, -0.15) is 0 Å². The maximum atomic E-state index is 13.2. The topological polar surface area (TPSA) is 170 Å². The van der Waals surface area contributed by atoms with Gasteiger partial charge in [-0.15, -0.1) is 0 Å². The second-order valence-electron chi connectivity index (χ2n) is 8.74. The van der Waals surface area contributed by atoms with Gasteiger partial charge in [-0.1, -0.05) is 0 Å². The fraction of sp³-hybridized carbons (Fsp3) is 0.455. The summed E-state index contributed by atoms with van der Waals surface area (Å²) in [6, 6.07) is 5.21. The first-order valence-electron chi connectivity index (χ1n) is 11.3. The van der Waals surface area contributed by atoms with Crippen molar-refractivity contribution in [3.8, 4) is 0 Å². The summed E-state index contributed by atoms with van der Waals surface area (Å²) in [7, 11) is -3.98. The minimum absolute atomic E-state index is 0.153. The molecule has 1 unspecified atom stereocenters. The van der Waals surface area contributed by atoms with Crippen molar-refractivity contribution < 1.29 is 37.5 Å². The van der Waals surface area contributed by atoms with Gasteiger partial charge < -0.3 is 24.9 Å². The van der Waals surface area contributed by atoms with Gasteiger partial charge in [-0.05, 0) is 30.7 Å². The molecule has 3 aromatic heterocycles. The van der Waals surface area contributed by atoms with Gasteiger partial charge in [0.25, 0.3) is 0 Å². The third-order valence-corrected chi connectivity index (χ3v) is 7.64. The summed E-state index contributed by atoms with van der Waals surface area (Å²) < 4.78 is 43.0. The second-order valence-corrected chi connectivity index (χ2v) is 10.4. The van der Waals surface area contributed by atoms with Crippen LogP contribution in [0.15, 0.2) is 43.1 Å². The highest BCUT2D eigenvalue weighted by molar-refractivity contribution is 7.48. The van der Waals surface area contributed by atoms with E-state index in [-0.39, 0.29) is 19.0 Å². The molecule has 3 N–H and O–H groups in total. The van der Waals surface area contributed by atoms with E-state index in [1.807, 2.05) is 0 Å². The Balaban J connectivity index is 1.37. The molecule has 3 aromatic rings. The molecule has 0 radical (unpaired) electrons. The molecule has 2 aliphatic rings. The monoisotopic (exact) mass is 519 g/mol. The zero-order chi connectivity index (χ0) is 25.5. The lowest BCUT2D eigenvalue weighted by Gasteiger charge is -2.31. The third-order valence-electron chi connectivity index (χ3n) is 6.16. The number of rotatable bonds is 6. The van der Waals surface area contributed by atoms with Crippen LogP contribution < -0.4 is 5.73 Å². The number of phosphoric acid groups is 1. The Kier molecular flexibility index (Phi) is 6.54. The molecule has 36 heavy (non-hydrogen) atoms. The van der Waals surface area contributed by atoms with E-state index < -0.39 is 43.9 Å². The number of pyridine rings is 1. The molecule has 14 heteroatoms. The van der Waals surface area contributed by atoms with Crippen molar-refractivity contribution in [2.75, 3.05) is 18.9 Å². The van der Waals surface area contributed by atoms with Crippen molar-refractivity contribution >= 4 is 30.6 Å². The van der Waals surface area contributed by atoms with Crippen molar-refractivity contribution in [1.82, 2.24) is 19.5 Å². The first-order valence-corrected chi connectivity index (χ1v) is 12.7. The first-order chi connectivity index (χ1) is 17.2. The van der Waals surface area contributed by atoms with Gasteiger partial charge in [-0.3, -0.25) is 23.3 Å². The molecule has 5 heterocycles. The summed E-state index contributed by atoms with van der Waals surface area (Å²) in [6.45, 7) is 2.49. The minimum Gasteiger partial charge on any atom is -0.456 e. The maximum absolute atomic E-state index is 13.2. The molecule has 2 saturated heterocycles. The number of ether oxygens (including phenoxy) is 2. The summed E-state index contributed by atoms with van der Waals surface area (Å²) in [6.07, 6.45) is 2.92. The third kappa shape index (κ3) is 4.61. The Hall–Kier alpha value is -2.93. The predicted molar refractivity (Wildman–Crippen MR) is 124 cm³/mol. The van der Waals surface area contributed by atoms with Crippen molar-refractivity contribution in [2.45, 2.75) is 50.4 Å². The lowest BCUT2D eigenvalue weighted by molar-refractivity contribution is -0.161. The molecule has 0 aliphatic carbocycles. The number of nitrogens with two attached hydrogens (primary N) is 1. The van der Waals surface area contributed by atoms with Crippen LogP contribution in [0.4, 0.5) is 5.82 Å². The second kappa shape index (κ2) is 9.51. The summed E-state index contributed by atoms with van der Waals surface area (Å²) in [4.78, 5) is 24.1. The molecule has 13 nitrogen and oxygen atoms in total. The number of esters is 1. The van der Waals surface area contributed by atoms with Gasteiger partial charge in [0.1, 0.15) is 29.5 Å². The highest BCUT2D eigenvalue weighted by Crippen LogP contribution is 2.57. The molecule has 5 rings (SSSR count). The highest BCUT2D eigenvalue weighted by Gasteiger charge is 2.57. The number of phosphoric ester groups is 1. The van der Waals surface area contributed by atoms with E-state index in [0.29, 0.717) is 17.5 Å². The highest BCUT2D eigenvalue weighted by atomic mass is 31.2. The number of nitrogen functional groups attached to an aromatic ring is 1. The van der Waals surface area contributed by atoms with Gasteiger partial charge in [0.05, 0.1) is 24.7 Å². The number of hydrogen-bond donors (Lipinski definition) is 2. The molecule has 2 aliphatic heterocycles. The van der Waals surface area contributed by atoms with Gasteiger partial charge >= 0.3 is 13.8 Å². The summed E-state index contributed by atoms with van der Waals surface area (Å²) in [5.41, 5.74) is 5.43. The van der Waals surface area contributed by atoms with Crippen LogP contribution in [0.25, 0.3) is 11.0 Å². The zero-order valence-corrected chi connectivity index (χ0v) is 20.5. The fourth-order valence-corrected chi connectivity index (χ4v) is 5.86. The van der Waals surface area contributed by atoms with E-state index in [0.717, 1.165) is 5.56 Å². The number of carbonyl (C=O) groups is 1. The van der Waals surface area contributed by atoms with Crippen LogP contribution in [0, 0.1) is 0 Å². The van der Waals surface area contributed by atoms with Crippen LogP contribution in [0.5, 0.6) is 0 Å². The molecular weight excluding hydrogens is 493 g/mol. The Bertz CT molecular complexity index is 1300. The van der Waals surface area contributed by atoms with E-state index in [4.69, 9.17) is 28.8 Å². The van der Waals surface area contributed by atoms with Crippen molar-refractivity contribution in [1.29, 1.82) is 0 Å². The van der Waals surface area contributed by atoms with Gasteiger partial charge in [-0.25, -0.2) is 14.5 Å². The number of hydrogen-bond acceptors (Lipinski definition) is 12. The standard InChI is InChI=1S/C22H26N5O8P/c1-13(28)33-18-17(11-32-36(30)31-10-6-16(35-36)14-3-7-24-8-4-14)34-21(22(18,2)29)27-9-5-15-19(23)25-12-26-20(15)27/h3-5,7-9,12,16-18,21,29H,6,10-11H2,1-2H3,(H2,23,25,26)/t16?,17-,18-,21-,22-,36-/m1/s1. The Labute approximate surface area is 206 Å². The van der Waals surface area contributed by atoms with Gasteiger partial charge in [0.15, 0.2) is 12.3 Å². The molecule has 2 fully saturated rings. The molecule has 0 spiro atoms. The lowest BCUT2D eigenvalue weighted by Crippen LogP contribution is -2.47. The number of aliphatic hydroxyl groups is 1. The number of fused-ring (bicyclic) bond motifs is 1. The van der Waals surface area contributed by atoms with Gasteiger partial charge in [0.2, 0.25) is 0 Å². The quantitative estimate of drug-likeness (QED) is 0.360. The molecule has 0 amide bonds. The lowest BCUT2D eigenvalue weighted by atomic mass is 9.96. The Morgan fingerprint density at radius 3 is 2.86 bits per heavy atom. The van der Waals surface area contributed by atoms with Crippen LogP contribution in [-0.2, 0) is 32.4 Å².